The lowest BCUT2D eigenvalue weighted by molar-refractivity contribution is -0.137. The van der Waals surface area contributed by atoms with Crippen molar-refractivity contribution in [3.8, 4) is 0 Å². The molecule has 0 aliphatic heterocycles. The number of carboxylic acids is 1. The largest absolute Gasteiger partial charge is 0.481 e. The number of hydrogen-bond donors (Lipinski definition) is 3. The topological polar surface area (TPSA) is 113 Å². The first-order valence-corrected chi connectivity index (χ1v) is 4.92. The van der Waals surface area contributed by atoms with Gasteiger partial charge in [0.15, 0.2) is 0 Å². The van der Waals surface area contributed by atoms with Crippen molar-refractivity contribution >= 4 is 17.9 Å². The van der Waals surface area contributed by atoms with E-state index in [9.17, 15) is 14.4 Å². The van der Waals surface area contributed by atoms with Gasteiger partial charge in [-0.05, 0) is 6.42 Å². The van der Waals surface area contributed by atoms with Crippen molar-refractivity contribution in [2.45, 2.75) is 19.3 Å². The number of nitrogens with one attached hydrogen (secondary N) is 1. The highest BCUT2D eigenvalue weighted by molar-refractivity contribution is 5.76. The number of nitrogens with two attached hydrogens (primary N) is 1. The first-order valence-electron chi connectivity index (χ1n) is 4.92. The molecule has 7 heteroatoms. The molecule has 0 radical (unpaired) electrons. The van der Waals surface area contributed by atoms with E-state index in [0.717, 1.165) is 0 Å². The van der Waals surface area contributed by atoms with Crippen LogP contribution in [0.2, 0.25) is 0 Å². The fraction of sp³-hybridized carbons (Fsp3) is 0.667. The van der Waals surface area contributed by atoms with Crippen LogP contribution in [0.1, 0.15) is 19.3 Å². The highest BCUT2D eigenvalue weighted by Gasteiger charge is 2.08. The number of rotatable bonds is 7. The molecule has 0 aromatic rings. The average molecular weight is 231 g/mol. The van der Waals surface area contributed by atoms with Crippen molar-refractivity contribution in [2.24, 2.45) is 5.73 Å². The van der Waals surface area contributed by atoms with Gasteiger partial charge in [0.1, 0.15) is 0 Å². The second-order valence-electron chi connectivity index (χ2n) is 3.37. The van der Waals surface area contributed by atoms with E-state index in [2.05, 4.69) is 5.32 Å². The number of carbonyl (C=O) groups is 3. The van der Waals surface area contributed by atoms with Crippen LogP contribution in [-0.4, -0.2) is 48.1 Å². The molecule has 7 nitrogen and oxygen atoms in total. The van der Waals surface area contributed by atoms with Gasteiger partial charge in [-0.25, -0.2) is 4.79 Å². The summed E-state index contributed by atoms with van der Waals surface area (Å²) in [6.07, 6.45) is 0.517. The van der Waals surface area contributed by atoms with Gasteiger partial charge in [-0.15, -0.1) is 0 Å². The van der Waals surface area contributed by atoms with Gasteiger partial charge in [-0.1, -0.05) is 0 Å². The fourth-order valence-electron chi connectivity index (χ4n) is 0.997. The highest BCUT2D eigenvalue weighted by atomic mass is 16.4. The predicted octanol–water partition coefficient (Wildman–Crippen LogP) is -0.632. The summed E-state index contributed by atoms with van der Waals surface area (Å²) in [5.41, 5.74) is 4.90. The van der Waals surface area contributed by atoms with E-state index in [1.54, 1.807) is 7.05 Å². The van der Waals surface area contributed by atoms with Crippen molar-refractivity contribution in [3.05, 3.63) is 0 Å². The van der Waals surface area contributed by atoms with Gasteiger partial charge in [0, 0.05) is 33.0 Å². The molecule has 0 aliphatic carbocycles. The average Bonchev–Trinajstić information content (AvgIpc) is 2.16. The van der Waals surface area contributed by atoms with Crippen LogP contribution in [0.5, 0.6) is 0 Å². The Morgan fingerprint density at radius 1 is 1.31 bits per heavy atom. The Balaban J connectivity index is 3.64. The van der Waals surface area contributed by atoms with Crippen LogP contribution in [-0.2, 0) is 9.59 Å². The monoisotopic (exact) mass is 231 g/mol. The Kier molecular flexibility index (Phi) is 6.66. The summed E-state index contributed by atoms with van der Waals surface area (Å²) in [5.74, 6) is -1.36. The van der Waals surface area contributed by atoms with Crippen LogP contribution in [0.15, 0.2) is 0 Å². The van der Waals surface area contributed by atoms with Gasteiger partial charge in [0.2, 0.25) is 5.91 Å². The van der Waals surface area contributed by atoms with Crippen LogP contribution < -0.4 is 11.1 Å². The zero-order valence-electron chi connectivity index (χ0n) is 9.23. The summed E-state index contributed by atoms with van der Waals surface area (Å²) in [4.78, 5) is 33.3. The van der Waals surface area contributed by atoms with Crippen molar-refractivity contribution in [1.29, 1.82) is 0 Å². The molecule has 0 atom stereocenters. The highest BCUT2D eigenvalue weighted by Crippen LogP contribution is 1.93. The molecule has 0 saturated heterocycles. The van der Waals surface area contributed by atoms with Crippen molar-refractivity contribution in [1.82, 2.24) is 10.2 Å². The Hall–Kier alpha value is -1.79. The minimum absolute atomic E-state index is 0.0267. The molecule has 0 unspecified atom stereocenters. The molecule has 0 saturated carbocycles. The number of carbonyl (C=O) groups excluding carboxylic acids is 2. The van der Waals surface area contributed by atoms with Crippen molar-refractivity contribution in [3.63, 3.8) is 0 Å². The standard InChI is InChI=1S/C9H17N3O4/c1-12(6-2-3-8(14)15)9(16)11-5-4-7(10)13/h2-6H2,1H3,(H2,10,13)(H,11,16)(H,14,15). The predicted molar refractivity (Wildman–Crippen MR) is 56.7 cm³/mol. The number of carboxylic acid groups (broad SMARTS) is 1. The lowest BCUT2D eigenvalue weighted by Gasteiger charge is -2.17. The van der Waals surface area contributed by atoms with Gasteiger partial charge >= 0.3 is 12.0 Å². The normalized spacial score (nSPS) is 9.56. The Bertz CT molecular complexity index is 267. The number of primary amides is 1. The van der Waals surface area contributed by atoms with Gasteiger partial charge in [-0.2, -0.15) is 0 Å². The summed E-state index contributed by atoms with van der Waals surface area (Å²) in [6, 6.07) is -0.341. The van der Waals surface area contributed by atoms with Crippen molar-refractivity contribution in [2.75, 3.05) is 20.1 Å². The zero-order valence-corrected chi connectivity index (χ0v) is 9.23. The first kappa shape index (κ1) is 14.2. The molecule has 16 heavy (non-hydrogen) atoms. The molecule has 92 valence electrons. The van der Waals surface area contributed by atoms with Gasteiger partial charge in [-0.3, -0.25) is 9.59 Å². The number of amides is 3. The Morgan fingerprint density at radius 2 is 1.94 bits per heavy atom. The summed E-state index contributed by atoms with van der Waals surface area (Å²) in [6.45, 7) is 0.548. The minimum Gasteiger partial charge on any atom is -0.481 e. The molecule has 0 aromatic heterocycles. The van der Waals surface area contributed by atoms with E-state index in [-0.39, 0.29) is 25.4 Å². The van der Waals surface area contributed by atoms with Gasteiger partial charge in [0.25, 0.3) is 0 Å². The number of nitrogens with zero attached hydrogens (tertiary/aromatic N) is 1. The lowest BCUT2D eigenvalue weighted by Crippen LogP contribution is -2.39. The number of aliphatic carboxylic acids is 1. The second kappa shape index (κ2) is 7.49. The maximum absolute atomic E-state index is 11.3. The molecule has 0 aliphatic rings. The quantitative estimate of drug-likeness (QED) is 0.541. The molecule has 0 aromatic carbocycles. The molecule has 0 fully saturated rings. The molecule has 0 rings (SSSR count). The molecule has 4 N–H and O–H groups in total. The summed E-state index contributed by atoms with van der Waals surface area (Å²) >= 11 is 0. The van der Waals surface area contributed by atoms with E-state index in [0.29, 0.717) is 13.0 Å². The summed E-state index contributed by atoms with van der Waals surface area (Å²) in [7, 11) is 1.56. The molecular weight excluding hydrogens is 214 g/mol. The summed E-state index contributed by atoms with van der Waals surface area (Å²) in [5, 5.41) is 10.9. The van der Waals surface area contributed by atoms with Crippen LogP contribution in [0.25, 0.3) is 0 Å². The van der Waals surface area contributed by atoms with E-state index in [1.807, 2.05) is 0 Å². The maximum atomic E-state index is 11.3. The van der Waals surface area contributed by atoms with Gasteiger partial charge < -0.3 is 21.1 Å². The molecule has 0 spiro atoms. The zero-order chi connectivity index (χ0) is 12.6. The Labute approximate surface area is 93.6 Å². The third kappa shape index (κ3) is 7.60. The first-order chi connectivity index (χ1) is 7.43. The lowest BCUT2D eigenvalue weighted by atomic mass is 10.3. The van der Waals surface area contributed by atoms with E-state index in [1.165, 1.54) is 4.90 Å². The van der Waals surface area contributed by atoms with E-state index in [4.69, 9.17) is 10.8 Å². The van der Waals surface area contributed by atoms with E-state index >= 15 is 0 Å². The maximum Gasteiger partial charge on any atom is 0.317 e. The van der Waals surface area contributed by atoms with Gasteiger partial charge in [0.05, 0.1) is 0 Å². The summed E-state index contributed by atoms with van der Waals surface area (Å²) < 4.78 is 0. The fourth-order valence-corrected chi connectivity index (χ4v) is 0.997. The second-order valence-corrected chi connectivity index (χ2v) is 3.37. The SMILES string of the molecule is CN(CCCC(=O)O)C(=O)NCCC(N)=O. The molecule has 3 amide bonds. The number of urea groups is 1. The van der Waals surface area contributed by atoms with Crippen LogP contribution in [0.4, 0.5) is 4.79 Å². The smallest absolute Gasteiger partial charge is 0.317 e. The van der Waals surface area contributed by atoms with Crippen LogP contribution >= 0.6 is 0 Å². The number of hydrogen-bond acceptors (Lipinski definition) is 3. The Morgan fingerprint density at radius 3 is 2.44 bits per heavy atom. The van der Waals surface area contributed by atoms with Crippen molar-refractivity contribution < 1.29 is 19.5 Å². The third-order valence-corrected chi connectivity index (χ3v) is 1.88. The molecular formula is C9H17N3O4. The van der Waals surface area contributed by atoms with Crippen LogP contribution in [0, 0.1) is 0 Å². The molecule has 0 heterocycles. The molecule has 0 bridgehead atoms. The third-order valence-electron chi connectivity index (χ3n) is 1.88. The van der Waals surface area contributed by atoms with Crippen LogP contribution in [0.3, 0.4) is 0 Å². The van der Waals surface area contributed by atoms with E-state index < -0.39 is 11.9 Å². The minimum atomic E-state index is -0.887.